The number of anilines is 4. The molecule has 68 heavy (non-hydrogen) atoms. The summed E-state index contributed by atoms with van der Waals surface area (Å²) in [6.07, 6.45) is 0.192. The van der Waals surface area contributed by atoms with Crippen molar-refractivity contribution in [1.29, 1.82) is 0 Å². The second kappa shape index (κ2) is 16.4. The van der Waals surface area contributed by atoms with Crippen LogP contribution in [0.25, 0.3) is 61.0 Å². The second-order valence-electron chi connectivity index (χ2n) is 18.9. The lowest BCUT2D eigenvalue weighted by atomic mass is 9.82. The molecule has 0 saturated heterocycles. The van der Waals surface area contributed by atoms with E-state index >= 15 is 0 Å². The van der Waals surface area contributed by atoms with Crippen molar-refractivity contribution in [1.82, 2.24) is 9.55 Å². The molecule has 6 heteroatoms. The number of hydrogen-bond donors (Lipinski definition) is 0. The molecular formula is C62H52N4O2. The van der Waals surface area contributed by atoms with Gasteiger partial charge in [0, 0.05) is 54.2 Å². The van der Waals surface area contributed by atoms with E-state index in [1.807, 2.05) is 152 Å². The minimum Gasteiger partial charge on any atom is -0.457 e. The van der Waals surface area contributed by atoms with Gasteiger partial charge in [-0.3, -0.25) is 4.57 Å². The van der Waals surface area contributed by atoms with E-state index in [4.69, 9.17) is 18.6 Å². The van der Waals surface area contributed by atoms with Crippen molar-refractivity contribution in [2.24, 2.45) is 5.92 Å². The summed E-state index contributed by atoms with van der Waals surface area (Å²) in [5, 5.41) is 1.05. The third-order valence-corrected chi connectivity index (χ3v) is 12.9. The molecule has 332 valence electrons. The Morgan fingerprint density at radius 3 is 2.01 bits per heavy atom. The molecule has 14 rings (SSSR count). The van der Waals surface area contributed by atoms with Gasteiger partial charge in [-0.25, -0.2) is 4.98 Å². The van der Waals surface area contributed by atoms with Gasteiger partial charge in [0.2, 0.25) is 0 Å². The zero-order valence-corrected chi connectivity index (χ0v) is 38.6. The summed E-state index contributed by atoms with van der Waals surface area (Å²) in [5.74, 6) is 2.56. The van der Waals surface area contributed by atoms with Crippen LogP contribution in [-0.2, 0) is 11.8 Å². The molecular weight excluding hydrogens is 833 g/mol. The molecule has 2 aromatic heterocycles. The van der Waals surface area contributed by atoms with E-state index in [1.54, 1.807) is 0 Å². The molecule has 0 spiro atoms. The first-order chi connectivity index (χ1) is 35.5. The smallest absolute Gasteiger partial charge is 0.137 e. The molecule has 4 aliphatic rings. The molecule has 0 unspecified atom stereocenters. The fraction of sp³-hybridized carbons (Fsp3) is 0.145. The van der Waals surface area contributed by atoms with E-state index in [-0.39, 0.29) is 35.5 Å². The van der Waals surface area contributed by atoms with E-state index in [9.17, 15) is 4.11 Å². The quantitative estimate of drug-likeness (QED) is 0.177. The van der Waals surface area contributed by atoms with Crippen LogP contribution < -0.4 is 19.3 Å². The molecule has 6 heterocycles. The van der Waals surface area contributed by atoms with Gasteiger partial charge in [0.25, 0.3) is 0 Å². The van der Waals surface area contributed by atoms with Gasteiger partial charge in [0.05, 0.1) is 33.6 Å². The van der Waals surface area contributed by atoms with Gasteiger partial charge in [-0.1, -0.05) is 126 Å². The van der Waals surface area contributed by atoms with Crippen molar-refractivity contribution < 1.29 is 17.7 Å². The maximum absolute atomic E-state index is 9.47. The Morgan fingerprint density at radius 1 is 0.588 bits per heavy atom. The van der Waals surface area contributed by atoms with E-state index in [2.05, 4.69) is 67.0 Å². The zero-order chi connectivity index (χ0) is 51.4. The Morgan fingerprint density at radius 2 is 1.24 bits per heavy atom. The van der Waals surface area contributed by atoms with Crippen LogP contribution in [0.2, 0.25) is 0 Å². The molecule has 12 bridgehead atoms. The lowest BCUT2D eigenvalue weighted by Crippen LogP contribution is -2.25. The average molecular weight is 891 g/mol. The third-order valence-electron chi connectivity index (χ3n) is 12.9. The lowest BCUT2D eigenvalue weighted by molar-refractivity contribution is 0.483. The maximum Gasteiger partial charge on any atom is 0.137 e. The van der Waals surface area contributed by atoms with Gasteiger partial charge >= 0.3 is 0 Å². The molecule has 0 saturated carbocycles. The summed E-state index contributed by atoms with van der Waals surface area (Å²) < 4.78 is 70.1. The fourth-order valence-corrected chi connectivity index (χ4v) is 9.86. The topological polar surface area (TPSA) is 42.8 Å². The predicted molar refractivity (Wildman–Crippen MR) is 281 cm³/mol. The summed E-state index contributed by atoms with van der Waals surface area (Å²) in [4.78, 5) is 9.66. The van der Waals surface area contributed by atoms with Crippen molar-refractivity contribution in [3.8, 4) is 62.2 Å². The Bertz CT molecular complexity index is 3890. The largest absolute Gasteiger partial charge is 0.457 e. The Labute approximate surface area is 406 Å². The predicted octanol–water partition coefficient (Wildman–Crippen LogP) is 16.8. The highest BCUT2D eigenvalue weighted by Gasteiger charge is 2.32. The van der Waals surface area contributed by atoms with Crippen LogP contribution >= 0.6 is 0 Å². The molecule has 0 aliphatic carbocycles. The Hall–Kier alpha value is -8.09. The SMILES string of the molecule is [2H]c1c([2H])c([2H])c2c(c1[2H])c1ccc3cc1n2-c1cc(C(C)(C)C)c(cn1)-c1ccc(cc1)Oc1cccc(c1)-c1cc(C([2H])([2H])C(C)C)cc(-c2ccccc2)c1N1CN(c2cccc(c2)O3)c2ccccc21. The second-order valence-corrected chi connectivity index (χ2v) is 18.9. The molecule has 0 N–H and O–H groups in total. The number of pyridine rings is 1. The number of aromatic nitrogens is 2. The van der Waals surface area contributed by atoms with Crippen molar-refractivity contribution in [3.05, 3.63) is 205 Å². The third kappa shape index (κ3) is 7.33. The van der Waals surface area contributed by atoms with Crippen LogP contribution in [0.1, 0.15) is 54.0 Å². The van der Waals surface area contributed by atoms with Crippen molar-refractivity contribution in [2.45, 2.75) is 46.4 Å². The van der Waals surface area contributed by atoms with Crippen LogP contribution in [0.4, 0.5) is 22.7 Å². The zero-order valence-electron chi connectivity index (χ0n) is 44.6. The molecule has 0 radical (unpaired) electrons. The van der Waals surface area contributed by atoms with Gasteiger partial charge in [0.1, 0.15) is 35.5 Å². The van der Waals surface area contributed by atoms with E-state index in [0.29, 0.717) is 62.9 Å². The number of ether oxygens (including phenoxy) is 2. The van der Waals surface area contributed by atoms with Crippen LogP contribution in [-0.4, -0.2) is 16.2 Å². The van der Waals surface area contributed by atoms with E-state index in [1.165, 1.54) is 0 Å². The average Bonchev–Trinajstić information content (AvgIpc) is 3.97. The van der Waals surface area contributed by atoms with E-state index in [0.717, 1.165) is 61.7 Å². The molecule has 10 aromatic rings. The first-order valence-corrected chi connectivity index (χ1v) is 23.2. The number of fused-ring (bicyclic) bond motifs is 5. The van der Waals surface area contributed by atoms with Crippen LogP contribution in [0, 0.1) is 5.92 Å². The lowest BCUT2D eigenvalue weighted by Gasteiger charge is -2.28. The van der Waals surface area contributed by atoms with E-state index < -0.39 is 6.37 Å². The molecule has 8 aromatic carbocycles. The summed E-state index contributed by atoms with van der Waals surface area (Å²) in [6.45, 7) is 10.7. The summed E-state index contributed by atoms with van der Waals surface area (Å²) in [5.41, 5.74) is 11.4. The Balaban J connectivity index is 1.11. The van der Waals surface area contributed by atoms with Crippen LogP contribution in [0.5, 0.6) is 23.0 Å². The van der Waals surface area contributed by atoms with Crippen LogP contribution in [0.3, 0.4) is 0 Å². The monoisotopic (exact) mass is 890 g/mol. The van der Waals surface area contributed by atoms with Crippen molar-refractivity contribution >= 4 is 44.6 Å². The summed E-state index contributed by atoms with van der Waals surface area (Å²) in [7, 11) is 0. The minimum atomic E-state index is -1.66. The minimum absolute atomic E-state index is 0.122. The van der Waals surface area contributed by atoms with Gasteiger partial charge in [-0.2, -0.15) is 0 Å². The van der Waals surface area contributed by atoms with Gasteiger partial charge in [-0.15, -0.1) is 0 Å². The maximum atomic E-state index is 9.47. The highest BCUT2D eigenvalue weighted by molar-refractivity contribution is 6.09. The summed E-state index contributed by atoms with van der Waals surface area (Å²) >= 11 is 0. The number of hydrogen-bond acceptors (Lipinski definition) is 5. The fourth-order valence-electron chi connectivity index (χ4n) is 9.86. The number of nitrogens with zero attached hydrogens (tertiary/aromatic N) is 4. The molecule has 0 atom stereocenters. The Kier molecular flexibility index (Phi) is 8.45. The van der Waals surface area contributed by atoms with Gasteiger partial charge in [-0.05, 0) is 130 Å². The number of rotatable bonds is 3. The number of para-hydroxylation sites is 3. The molecule has 0 amide bonds. The van der Waals surface area contributed by atoms with Crippen molar-refractivity contribution in [3.63, 3.8) is 0 Å². The first kappa shape index (κ1) is 35.1. The molecule has 6 nitrogen and oxygen atoms in total. The summed E-state index contributed by atoms with van der Waals surface area (Å²) in [6, 6.07) is 53.3. The van der Waals surface area contributed by atoms with Crippen LogP contribution in [0.15, 0.2) is 194 Å². The van der Waals surface area contributed by atoms with Crippen molar-refractivity contribution in [2.75, 3.05) is 16.5 Å². The highest BCUT2D eigenvalue weighted by atomic mass is 16.5. The van der Waals surface area contributed by atoms with Gasteiger partial charge < -0.3 is 19.3 Å². The normalized spacial score (nSPS) is 14.6. The molecule has 0 fully saturated rings. The van der Waals surface area contributed by atoms with Gasteiger partial charge in [0.15, 0.2) is 0 Å². The molecule has 4 aliphatic heterocycles. The highest BCUT2D eigenvalue weighted by Crippen LogP contribution is 2.51. The standard InChI is InChI=1S/C62H52N4O2/c1-40(2)31-41-32-52(42-15-7-6-8-16-42)61-53(33-41)44-17-13-19-47(34-44)67-46-27-25-43(26-28-46)54-38-63-60(37-55(54)62(3,4)5)66-56-22-10-9-21-50(56)51-30-29-49(36-59(51)66)68-48-20-14-18-45(35-48)64-39-65(61)58-24-12-11-23-57(58)64/h6-30,32-38,40H,31,39H2,1-5H3/i9D,10D,21D,22D,31D2. The number of benzene rings is 8. The first-order valence-electron chi connectivity index (χ1n) is 26.2.